The van der Waals surface area contributed by atoms with Gasteiger partial charge in [0.05, 0.1) is 11.3 Å². The third-order valence-electron chi connectivity index (χ3n) is 3.90. The molecule has 2 rings (SSSR count). The summed E-state index contributed by atoms with van der Waals surface area (Å²) in [5, 5.41) is 0. The van der Waals surface area contributed by atoms with Crippen LogP contribution in [0.3, 0.4) is 0 Å². The molecular weight excluding hydrogens is 274 g/mol. The zero-order chi connectivity index (χ0) is 14.7. The van der Waals surface area contributed by atoms with Crippen molar-refractivity contribution in [1.82, 2.24) is 9.80 Å². The molecule has 5 heteroatoms. The number of anilines is 1. The second kappa shape index (κ2) is 6.46. The van der Waals surface area contributed by atoms with Crippen LogP contribution in [0.25, 0.3) is 0 Å². The van der Waals surface area contributed by atoms with Crippen molar-refractivity contribution in [3.8, 4) is 0 Å². The van der Waals surface area contributed by atoms with Crippen LogP contribution in [-0.2, 0) is 0 Å². The Morgan fingerprint density at radius 3 is 2.55 bits per heavy atom. The van der Waals surface area contributed by atoms with E-state index in [0.717, 1.165) is 30.9 Å². The molecule has 1 aromatic rings. The van der Waals surface area contributed by atoms with Gasteiger partial charge in [0, 0.05) is 20.1 Å². The van der Waals surface area contributed by atoms with Crippen molar-refractivity contribution < 1.29 is 4.79 Å². The molecule has 1 amide bonds. The number of alkyl halides is 1. The maximum atomic E-state index is 12.6. The van der Waals surface area contributed by atoms with E-state index in [2.05, 4.69) is 18.7 Å². The number of para-hydroxylation sites is 1. The minimum absolute atomic E-state index is 0.0193. The van der Waals surface area contributed by atoms with Crippen molar-refractivity contribution in [3.05, 3.63) is 29.8 Å². The van der Waals surface area contributed by atoms with Crippen molar-refractivity contribution in [2.45, 2.75) is 19.5 Å². The number of fused-ring (bicyclic) bond motifs is 1. The van der Waals surface area contributed by atoms with Gasteiger partial charge in [-0.3, -0.25) is 4.79 Å². The molecule has 1 aliphatic rings. The van der Waals surface area contributed by atoms with E-state index in [4.69, 9.17) is 11.6 Å². The number of rotatable bonds is 5. The van der Waals surface area contributed by atoms with Gasteiger partial charge >= 0.3 is 0 Å². The number of carbonyl (C=O) groups excluding carboxylic acids is 1. The van der Waals surface area contributed by atoms with Crippen molar-refractivity contribution in [1.29, 1.82) is 0 Å². The number of likely N-dealkylation sites (N-methyl/N-ethyl adjacent to an activating group) is 1. The number of benzene rings is 1. The molecule has 0 N–H and O–H groups in total. The Morgan fingerprint density at radius 1 is 1.25 bits per heavy atom. The fourth-order valence-corrected chi connectivity index (χ4v) is 2.83. The van der Waals surface area contributed by atoms with Gasteiger partial charge in [0.15, 0.2) is 5.62 Å². The zero-order valence-corrected chi connectivity index (χ0v) is 13.1. The smallest absolute Gasteiger partial charge is 0.258 e. The Morgan fingerprint density at radius 2 is 1.90 bits per heavy atom. The van der Waals surface area contributed by atoms with Crippen molar-refractivity contribution in [3.63, 3.8) is 0 Å². The van der Waals surface area contributed by atoms with Crippen LogP contribution in [0.4, 0.5) is 5.69 Å². The normalized spacial score (nSPS) is 18.6. The summed E-state index contributed by atoms with van der Waals surface area (Å²) in [6.45, 7) is 7.71. The van der Waals surface area contributed by atoms with Crippen LogP contribution >= 0.6 is 11.6 Å². The van der Waals surface area contributed by atoms with E-state index >= 15 is 0 Å². The van der Waals surface area contributed by atoms with Crippen molar-refractivity contribution in [2.24, 2.45) is 0 Å². The highest BCUT2D eigenvalue weighted by atomic mass is 35.5. The maximum Gasteiger partial charge on any atom is 0.258 e. The molecule has 1 unspecified atom stereocenters. The molecule has 0 saturated heterocycles. The highest BCUT2D eigenvalue weighted by Crippen LogP contribution is 2.30. The summed E-state index contributed by atoms with van der Waals surface area (Å²) in [4.78, 5) is 18.5. The standard InChI is InChI=1S/C15H22ClN3O/c1-4-18(5-2)10-11-19-14(20)12-8-6-7-9-13(12)17(3)15(19)16/h6-9,15H,4-5,10-11H2,1-3H3. The van der Waals surface area contributed by atoms with Crippen LogP contribution in [-0.4, -0.2) is 54.6 Å². The lowest BCUT2D eigenvalue weighted by Gasteiger charge is -2.41. The third kappa shape index (κ3) is 2.76. The molecule has 0 saturated carbocycles. The van der Waals surface area contributed by atoms with E-state index in [0.29, 0.717) is 6.54 Å². The second-order valence-electron chi connectivity index (χ2n) is 4.96. The Bertz CT molecular complexity index is 476. The van der Waals surface area contributed by atoms with Gasteiger partial charge < -0.3 is 14.7 Å². The average molecular weight is 296 g/mol. The summed E-state index contributed by atoms with van der Waals surface area (Å²) in [5.41, 5.74) is 1.20. The van der Waals surface area contributed by atoms with Gasteiger partial charge in [0.25, 0.3) is 5.91 Å². The Kier molecular flexibility index (Phi) is 4.89. The molecule has 0 spiro atoms. The van der Waals surface area contributed by atoms with Gasteiger partial charge in [-0.05, 0) is 25.2 Å². The molecular formula is C15H22ClN3O. The molecule has 0 aliphatic carbocycles. The largest absolute Gasteiger partial charge is 0.341 e. The fraction of sp³-hybridized carbons (Fsp3) is 0.533. The molecule has 1 atom stereocenters. The molecule has 0 bridgehead atoms. The quantitative estimate of drug-likeness (QED) is 0.617. The lowest BCUT2D eigenvalue weighted by Crippen LogP contribution is -2.53. The molecule has 110 valence electrons. The van der Waals surface area contributed by atoms with E-state index < -0.39 is 5.62 Å². The first kappa shape index (κ1) is 15.1. The van der Waals surface area contributed by atoms with E-state index in [-0.39, 0.29) is 5.91 Å². The Balaban J connectivity index is 2.17. The fourth-order valence-electron chi connectivity index (χ4n) is 2.53. The molecule has 1 heterocycles. The van der Waals surface area contributed by atoms with Crippen LogP contribution in [0.15, 0.2) is 24.3 Å². The monoisotopic (exact) mass is 295 g/mol. The summed E-state index contributed by atoms with van der Waals surface area (Å²) >= 11 is 6.44. The van der Waals surface area contributed by atoms with Crippen molar-refractivity contribution >= 4 is 23.2 Å². The van der Waals surface area contributed by atoms with E-state index in [1.807, 2.05) is 36.2 Å². The van der Waals surface area contributed by atoms with Gasteiger partial charge in [0.1, 0.15) is 0 Å². The van der Waals surface area contributed by atoms with Gasteiger partial charge in [-0.15, -0.1) is 0 Å². The second-order valence-corrected chi connectivity index (χ2v) is 5.35. The number of hydrogen-bond donors (Lipinski definition) is 0. The van der Waals surface area contributed by atoms with Gasteiger partial charge in [-0.25, -0.2) is 0 Å². The van der Waals surface area contributed by atoms with Gasteiger partial charge in [-0.2, -0.15) is 0 Å². The summed E-state index contributed by atoms with van der Waals surface area (Å²) in [7, 11) is 1.92. The predicted octanol–water partition coefficient (Wildman–Crippen LogP) is 2.44. The lowest BCUT2D eigenvalue weighted by atomic mass is 10.1. The molecule has 4 nitrogen and oxygen atoms in total. The lowest BCUT2D eigenvalue weighted by molar-refractivity contribution is 0.0697. The summed E-state index contributed by atoms with van der Waals surface area (Å²) < 4.78 is 0. The van der Waals surface area contributed by atoms with Gasteiger partial charge in [-0.1, -0.05) is 37.6 Å². The first-order valence-corrected chi connectivity index (χ1v) is 7.53. The van der Waals surface area contributed by atoms with Crippen LogP contribution in [0, 0.1) is 0 Å². The highest BCUT2D eigenvalue weighted by molar-refractivity contribution is 6.24. The van der Waals surface area contributed by atoms with Crippen LogP contribution < -0.4 is 4.90 Å². The van der Waals surface area contributed by atoms with E-state index in [1.54, 1.807) is 4.90 Å². The minimum Gasteiger partial charge on any atom is -0.341 e. The van der Waals surface area contributed by atoms with Gasteiger partial charge in [0.2, 0.25) is 0 Å². The number of carbonyl (C=O) groups is 1. The molecule has 0 fully saturated rings. The predicted molar refractivity (Wildman–Crippen MR) is 83.3 cm³/mol. The van der Waals surface area contributed by atoms with Crippen molar-refractivity contribution in [2.75, 3.05) is 38.1 Å². The van der Waals surface area contributed by atoms with Crippen LogP contribution in [0.5, 0.6) is 0 Å². The summed E-state index contributed by atoms with van der Waals surface area (Å²) in [6.07, 6.45) is 0. The maximum absolute atomic E-state index is 12.6. The highest BCUT2D eigenvalue weighted by Gasteiger charge is 2.34. The molecule has 0 radical (unpaired) electrons. The summed E-state index contributed by atoms with van der Waals surface area (Å²) in [5.74, 6) is 0.0193. The van der Waals surface area contributed by atoms with Crippen LogP contribution in [0.1, 0.15) is 24.2 Å². The zero-order valence-electron chi connectivity index (χ0n) is 12.3. The SMILES string of the molecule is CCN(CC)CCN1C(=O)c2ccccc2N(C)C1Cl. The Labute approximate surface area is 125 Å². The molecule has 20 heavy (non-hydrogen) atoms. The number of hydrogen-bond acceptors (Lipinski definition) is 3. The Hall–Kier alpha value is -1.26. The number of halogens is 1. The van der Waals surface area contributed by atoms with E-state index in [1.165, 1.54) is 0 Å². The first-order chi connectivity index (χ1) is 9.60. The minimum atomic E-state index is -0.423. The topological polar surface area (TPSA) is 26.8 Å². The third-order valence-corrected chi connectivity index (χ3v) is 4.43. The molecule has 0 aromatic heterocycles. The first-order valence-electron chi connectivity index (χ1n) is 7.09. The molecule has 1 aromatic carbocycles. The summed E-state index contributed by atoms with van der Waals surface area (Å²) in [6, 6.07) is 7.62. The average Bonchev–Trinajstić information content (AvgIpc) is 2.49. The number of nitrogens with zero attached hydrogens (tertiary/aromatic N) is 3. The van der Waals surface area contributed by atoms with Crippen LogP contribution in [0.2, 0.25) is 0 Å². The number of amides is 1. The van der Waals surface area contributed by atoms with E-state index in [9.17, 15) is 4.79 Å². The molecule has 1 aliphatic heterocycles.